The quantitative estimate of drug-likeness (QED) is 0.677. The van der Waals surface area contributed by atoms with E-state index in [1.165, 1.54) is 33.3 Å². The SMILES string of the molecule is COC(=O)c1sc(NC(=O)CCS(=O)(=O)c2ccccc2)c(C(=O)OC)c1C. The first kappa shape index (κ1) is 21.6. The van der Waals surface area contributed by atoms with E-state index in [-0.39, 0.29) is 26.8 Å². The largest absolute Gasteiger partial charge is 0.465 e. The Morgan fingerprint density at radius 1 is 1.04 bits per heavy atom. The van der Waals surface area contributed by atoms with Gasteiger partial charge in [-0.05, 0) is 24.6 Å². The summed E-state index contributed by atoms with van der Waals surface area (Å²) in [5.41, 5.74) is 0.350. The molecule has 1 heterocycles. The maximum absolute atomic E-state index is 12.3. The maximum Gasteiger partial charge on any atom is 0.348 e. The summed E-state index contributed by atoms with van der Waals surface area (Å²) in [6.07, 6.45) is -0.317. The molecular formula is C18H19NO7S2. The molecule has 0 fully saturated rings. The zero-order chi connectivity index (χ0) is 20.9. The Hall–Kier alpha value is -2.72. The third-order valence-electron chi connectivity index (χ3n) is 3.86. The smallest absolute Gasteiger partial charge is 0.348 e. The van der Waals surface area contributed by atoms with Crippen molar-refractivity contribution in [2.75, 3.05) is 25.3 Å². The molecule has 28 heavy (non-hydrogen) atoms. The average Bonchev–Trinajstić information content (AvgIpc) is 3.01. The summed E-state index contributed by atoms with van der Waals surface area (Å²) in [4.78, 5) is 36.5. The molecule has 0 aliphatic rings. The fraction of sp³-hybridized carbons (Fsp3) is 0.278. The molecule has 2 aromatic rings. The fourth-order valence-electron chi connectivity index (χ4n) is 2.40. The van der Waals surface area contributed by atoms with E-state index < -0.39 is 33.4 Å². The summed E-state index contributed by atoms with van der Waals surface area (Å²) >= 11 is 0.864. The van der Waals surface area contributed by atoms with Gasteiger partial charge in [-0.1, -0.05) is 18.2 Å². The van der Waals surface area contributed by atoms with Crippen LogP contribution in [0.2, 0.25) is 0 Å². The minimum absolute atomic E-state index is 0.0344. The van der Waals surface area contributed by atoms with E-state index in [2.05, 4.69) is 10.1 Å². The van der Waals surface area contributed by atoms with Gasteiger partial charge in [0.05, 0.1) is 30.4 Å². The Balaban J connectivity index is 2.19. The number of carbonyl (C=O) groups excluding carboxylic acids is 3. The van der Waals surface area contributed by atoms with E-state index in [4.69, 9.17) is 4.74 Å². The molecule has 8 nitrogen and oxygen atoms in total. The maximum atomic E-state index is 12.3. The van der Waals surface area contributed by atoms with Crippen LogP contribution in [0.25, 0.3) is 0 Å². The number of sulfone groups is 1. The molecule has 0 spiro atoms. The van der Waals surface area contributed by atoms with Crippen LogP contribution < -0.4 is 5.32 Å². The average molecular weight is 425 g/mol. The summed E-state index contributed by atoms with van der Waals surface area (Å²) in [5.74, 6) is -2.39. The number of nitrogens with one attached hydrogen (secondary N) is 1. The van der Waals surface area contributed by atoms with Crippen molar-refractivity contribution in [2.24, 2.45) is 0 Å². The second kappa shape index (κ2) is 8.98. The summed E-state index contributed by atoms with van der Waals surface area (Å²) in [5, 5.41) is 2.60. The molecule has 150 valence electrons. The highest BCUT2D eigenvalue weighted by molar-refractivity contribution is 7.91. The molecule has 0 aliphatic heterocycles. The van der Waals surface area contributed by atoms with Crippen LogP contribution in [0.1, 0.15) is 32.0 Å². The lowest BCUT2D eigenvalue weighted by molar-refractivity contribution is -0.115. The van der Waals surface area contributed by atoms with Crippen molar-refractivity contribution in [2.45, 2.75) is 18.2 Å². The van der Waals surface area contributed by atoms with Gasteiger partial charge in [0, 0.05) is 6.42 Å². The van der Waals surface area contributed by atoms with Gasteiger partial charge in [0.2, 0.25) is 5.91 Å². The summed E-state index contributed by atoms with van der Waals surface area (Å²) in [6.45, 7) is 1.53. The van der Waals surface area contributed by atoms with E-state index in [0.717, 1.165) is 11.3 Å². The summed E-state index contributed by atoms with van der Waals surface area (Å²) in [7, 11) is -1.25. The normalized spacial score (nSPS) is 11.0. The third kappa shape index (κ3) is 4.76. The van der Waals surface area contributed by atoms with E-state index in [9.17, 15) is 22.8 Å². The lowest BCUT2D eigenvalue weighted by Crippen LogP contribution is -2.18. The number of anilines is 1. The predicted octanol–water partition coefficient (Wildman–Crippen LogP) is 2.43. The minimum Gasteiger partial charge on any atom is -0.465 e. The van der Waals surface area contributed by atoms with Crippen molar-refractivity contribution in [3.63, 3.8) is 0 Å². The molecule has 0 atom stereocenters. The first-order chi connectivity index (χ1) is 13.2. The van der Waals surface area contributed by atoms with Gasteiger partial charge in [0.25, 0.3) is 0 Å². The van der Waals surface area contributed by atoms with Gasteiger partial charge < -0.3 is 14.8 Å². The fourth-order valence-corrected chi connectivity index (χ4v) is 4.79. The number of ether oxygens (including phenoxy) is 2. The third-order valence-corrected chi connectivity index (χ3v) is 6.78. The van der Waals surface area contributed by atoms with E-state index in [1.807, 2.05) is 0 Å². The predicted molar refractivity (Wildman–Crippen MR) is 103 cm³/mol. The number of esters is 2. The lowest BCUT2D eigenvalue weighted by Gasteiger charge is -2.07. The molecular weight excluding hydrogens is 406 g/mol. The van der Waals surface area contributed by atoms with Gasteiger partial charge in [-0.25, -0.2) is 18.0 Å². The second-order valence-electron chi connectivity index (χ2n) is 5.67. The molecule has 2 rings (SSSR count). The van der Waals surface area contributed by atoms with Crippen molar-refractivity contribution in [1.29, 1.82) is 0 Å². The minimum atomic E-state index is -3.62. The molecule has 0 aliphatic carbocycles. The van der Waals surface area contributed by atoms with Crippen LogP contribution in [0.3, 0.4) is 0 Å². The molecule has 1 aromatic carbocycles. The highest BCUT2D eigenvalue weighted by Crippen LogP contribution is 2.34. The Labute approximate surface area is 166 Å². The molecule has 0 bridgehead atoms. The van der Waals surface area contributed by atoms with Crippen LogP contribution in [0, 0.1) is 6.92 Å². The summed E-state index contributed by atoms with van der Waals surface area (Å²) < 4.78 is 33.9. The first-order valence-electron chi connectivity index (χ1n) is 8.09. The van der Waals surface area contributed by atoms with Crippen LogP contribution >= 0.6 is 11.3 Å². The van der Waals surface area contributed by atoms with E-state index in [0.29, 0.717) is 5.56 Å². The number of methoxy groups -OCH3 is 2. The molecule has 10 heteroatoms. The van der Waals surface area contributed by atoms with Crippen molar-refractivity contribution >= 4 is 44.0 Å². The van der Waals surface area contributed by atoms with Crippen molar-refractivity contribution in [1.82, 2.24) is 0 Å². The van der Waals surface area contributed by atoms with Crippen LogP contribution in [0.15, 0.2) is 35.2 Å². The number of hydrogen-bond donors (Lipinski definition) is 1. The molecule has 0 saturated carbocycles. The van der Waals surface area contributed by atoms with Gasteiger partial charge >= 0.3 is 11.9 Å². The van der Waals surface area contributed by atoms with Gasteiger partial charge in [0.15, 0.2) is 9.84 Å². The topological polar surface area (TPSA) is 116 Å². The number of amides is 1. The number of hydrogen-bond acceptors (Lipinski definition) is 8. The van der Waals surface area contributed by atoms with Crippen LogP contribution in [0.4, 0.5) is 5.00 Å². The van der Waals surface area contributed by atoms with Crippen molar-refractivity contribution < 1.29 is 32.3 Å². The van der Waals surface area contributed by atoms with Gasteiger partial charge in [-0.2, -0.15) is 0 Å². The van der Waals surface area contributed by atoms with Crippen LogP contribution in [0.5, 0.6) is 0 Å². The van der Waals surface area contributed by atoms with Crippen molar-refractivity contribution in [3.05, 3.63) is 46.3 Å². The first-order valence-corrected chi connectivity index (χ1v) is 10.6. The Kier molecular flexibility index (Phi) is 6.92. The molecule has 1 aromatic heterocycles. The molecule has 0 unspecified atom stereocenters. The van der Waals surface area contributed by atoms with Crippen LogP contribution in [-0.2, 0) is 24.1 Å². The summed E-state index contributed by atoms with van der Waals surface area (Å²) in [6, 6.07) is 7.79. The molecule has 1 amide bonds. The lowest BCUT2D eigenvalue weighted by atomic mass is 10.1. The number of carbonyl (C=O) groups is 3. The number of thiophene rings is 1. The van der Waals surface area contributed by atoms with Crippen LogP contribution in [-0.4, -0.2) is 46.2 Å². The van der Waals surface area contributed by atoms with Gasteiger partial charge in [-0.3, -0.25) is 4.79 Å². The highest BCUT2D eigenvalue weighted by atomic mass is 32.2. The Morgan fingerprint density at radius 3 is 2.21 bits per heavy atom. The molecule has 1 N–H and O–H groups in total. The van der Waals surface area contributed by atoms with Gasteiger partial charge in [-0.15, -0.1) is 11.3 Å². The zero-order valence-corrected chi connectivity index (χ0v) is 17.1. The zero-order valence-electron chi connectivity index (χ0n) is 15.5. The number of rotatable bonds is 7. The number of benzene rings is 1. The molecule has 0 radical (unpaired) electrons. The molecule has 0 saturated heterocycles. The van der Waals surface area contributed by atoms with E-state index >= 15 is 0 Å². The Morgan fingerprint density at radius 2 is 1.64 bits per heavy atom. The van der Waals surface area contributed by atoms with Gasteiger partial charge in [0.1, 0.15) is 9.88 Å². The monoisotopic (exact) mass is 425 g/mol. The highest BCUT2D eigenvalue weighted by Gasteiger charge is 2.27. The Bertz CT molecular complexity index is 994. The standard InChI is InChI=1S/C18H19NO7S2/c1-11-14(17(21)25-2)16(27-15(11)18(22)26-3)19-13(20)9-10-28(23,24)12-7-5-4-6-8-12/h4-8H,9-10H2,1-3H3,(H,19,20). The van der Waals surface area contributed by atoms with Crippen molar-refractivity contribution in [3.8, 4) is 0 Å². The second-order valence-corrected chi connectivity index (χ2v) is 8.80. The van der Waals surface area contributed by atoms with E-state index in [1.54, 1.807) is 18.2 Å².